The highest BCUT2D eigenvalue weighted by Crippen LogP contribution is 2.34. The van der Waals surface area contributed by atoms with E-state index in [1.165, 1.54) is 0 Å². The van der Waals surface area contributed by atoms with E-state index in [1.807, 2.05) is 0 Å². The van der Waals surface area contributed by atoms with Crippen LogP contribution in [0, 0.1) is 23.3 Å². The summed E-state index contributed by atoms with van der Waals surface area (Å²) in [5.74, 6) is -7.37. The Bertz CT molecular complexity index is 924. The fourth-order valence-electron chi connectivity index (χ4n) is 2.47. The summed E-state index contributed by atoms with van der Waals surface area (Å²) in [4.78, 5) is 0. The normalized spacial score (nSPS) is 16.3. The lowest BCUT2D eigenvalue weighted by atomic mass is 9.78. The van der Waals surface area contributed by atoms with Gasteiger partial charge >= 0.3 is 13.2 Å². The van der Waals surface area contributed by atoms with Gasteiger partial charge in [-0.2, -0.15) is 8.78 Å². The highest BCUT2D eigenvalue weighted by Gasteiger charge is 2.44. The molecule has 2 aromatic rings. The minimum Gasteiger partial charge on any atom is -0.534 e. The third-order valence-electron chi connectivity index (χ3n) is 4.10. The van der Waals surface area contributed by atoms with E-state index in [-0.39, 0.29) is 23.4 Å². The van der Waals surface area contributed by atoms with Crippen molar-refractivity contribution in [3.63, 3.8) is 0 Å². The van der Waals surface area contributed by atoms with Crippen molar-refractivity contribution in [1.29, 1.82) is 0 Å². The number of benzene rings is 2. The zero-order valence-corrected chi connectivity index (χ0v) is 14.7. The van der Waals surface area contributed by atoms with Crippen LogP contribution in [0.15, 0.2) is 42.7 Å². The summed E-state index contributed by atoms with van der Waals surface area (Å²) in [6.07, 6.45) is -4.29. The van der Waals surface area contributed by atoms with E-state index in [1.54, 1.807) is 13.8 Å². The number of rotatable bonds is 4. The molecule has 1 aliphatic heterocycles. The maximum atomic E-state index is 14.3. The van der Waals surface area contributed by atoms with E-state index < -0.39 is 53.4 Å². The SMILES string of the molecule is C=C1OB(c2ccc(C(F)(F)Oc3cc(F)c(F)c(F)c3)c(F)c2)OC1(C)C. The van der Waals surface area contributed by atoms with E-state index in [9.17, 15) is 26.3 Å². The maximum Gasteiger partial charge on any atom is 0.563 e. The largest absolute Gasteiger partial charge is 0.563 e. The number of alkyl halides is 2. The Hall–Kier alpha value is -2.62. The molecule has 2 aromatic carbocycles. The van der Waals surface area contributed by atoms with Crippen molar-refractivity contribution in [2.75, 3.05) is 0 Å². The molecule has 1 saturated heterocycles. The van der Waals surface area contributed by atoms with Crippen molar-refractivity contribution in [2.45, 2.75) is 25.6 Å². The van der Waals surface area contributed by atoms with Crippen LogP contribution in [-0.2, 0) is 15.4 Å². The Morgan fingerprint density at radius 2 is 1.61 bits per heavy atom. The molecule has 10 heteroatoms. The van der Waals surface area contributed by atoms with Gasteiger partial charge in [0.1, 0.15) is 17.2 Å². The molecule has 1 fully saturated rings. The first kappa shape index (κ1) is 20.1. The maximum absolute atomic E-state index is 14.3. The van der Waals surface area contributed by atoms with Crippen LogP contribution in [0.1, 0.15) is 19.4 Å². The highest BCUT2D eigenvalue weighted by atomic mass is 19.3. The minimum atomic E-state index is -4.29. The minimum absolute atomic E-state index is 0.114. The van der Waals surface area contributed by atoms with E-state index in [4.69, 9.17) is 9.31 Å². The summed E-state index contributed by atoms with van der Waals surface area (Å²) in [5.41, 5.74) is -1.93. The topological polar surface area (TPSA) is 27.7 Å². The molecule has 3 rings (SSSR count). The molecule has 1 heterocycles. The van der Waals surface area contributed by atoms with Crippen LogP contribution in [-0.4, -0.2) is 12.7 Å². The molecule has 0 atom stereocenters. The fourth-order valence-corrected chi connectivity index (χ4v) is 2.47. The second-order valence-corrected chi connectivity index (χ2v) is 6.56. The van der Waals surface area contributed by atoms with Gasteiger partial charge in [0, 0.05) is 12.1 Å². The van der Waals surface area contributed by atoms with Gasteiger partial charge in [-0.05, 0) is 31.4 Å². The molecule has 3 nitrogen and oxygen atoms in total. The van der Waals surface area contributed by atoms with E-state index >= 15 is 0 Å². The Morgan fingerprint density at radius 1 is 1.00 bits per heavy atom. The van der Waals surface area contributed by atoms with Crippen LogP contribution in [0.25, 0.3) is 0 Å². The zero-order chi connectivity index (χ0) is 20.9. The van der Waals surface area contributed by atoms with Crippen LogP contribution >= 0.6 is 0 Å². The molecule has 148 valence electrons. The lowest BCUT2D eigenvalue weighted by Gasteiger charge is -2.19. The molecule has 0 unspecified atom stereocenters. The summed E-state index contributed by atoms with van der Waals surface area (Å²) >= 11 is 0. The van der Waals surface area contributed by atoms with Crippen LogP contribution in [0.3, 0.4) is 0 Å². The van der Waals surface area contributed by atoms with Gasteiger partial charge < -0.3 is 14.0 Å². The van der Waals surface area contributed by atoms with Crippen molar-refractivity contribution in [3.05, 3.63) is 71.5 Å². The smallest absolute Gasteiger partial charge is 0.534 e. The van der Waals surface area contributed by atoms with Crippen molar-refractivity contribution >= 4 is 12.6 Å². The molecule has 0 saturated carbocycles. The summed E-state index contributed by atoms with van der Waals surface area (Å²) in [6.45, 7) is 7.00. The summed E-state index contributed by atoms with van der Waals surface area (Å²) in [5, 5.41) is 0. The van der Waals surface area contributed by atoms with Gasteiger partial charge in [-0.3, -0.25) is 0 Å². The number of hydrogen-bond donors (Lipinski definition) is 0. The Morgan fingerprint density at radius 3 is 2.11 bits per heavy atom. The van der Waals surface area contributed by atoms with Crippen molar-refractivity contribution in [3.8, 4) is 5.75 Å². The highest BCUT2D eigenvalue weighted by molar-refractivity contribution is 6.62. The predicted molar refractivity (Wildman–Crippen MR) is 88.0 cm³/mol. The lowest BCUT2D eigenvalue weighted by Crippen LogP contribution is -2.35. The van der Waals surface area contributed by atoms with Crippen LogP contribution in [0.4, 0.5) is 26.3 Å². The van der Waals surface area contributed by atoms with E-state index in [0.717, 1.165) is 18.2 Å². The van der Waals surface area contributed by atoms with Gasteiger partial charge in [0.15, 0.2) is 17.5 Å². The molecule has 0 bridgehead atoms. The lowest BCUT2D eigenvalue weighted by molar-refractivity contribution is -0.187. The third-order valence-corrected chi connectivity index (χ3v) is 4.10. The predicted octanol–water partition coefficient (Wildman–Crippen LogP) is 4.41. The molecule has 28 heavy (non-hydrogen) atoms. The average Bonchev–Trinajstić information content (AvgIpc) is 2.85. The second-order valence-electron chi connectivity index (χ2n) is 6.56. The number of hydrogen-bond acceptors (Lipinski definition) is 3. The molecular formula is C18H13BF6O3. The van der Waals surface area contributed by atoms with Gasteiger partial charge in [-0.15, -0.1) is 0 Å². The van der Waals surface area contributed by atoms with Crippen LogP contribution < -0.4 is 10.2 Å². The molecule has 0 aromatic heterocycles. The first-order valence-electron chi connectivity index (χ1n) is 7.96. The van der Waals surface area contributed by atoms with Gasteiger partial charge in [-0.25, -0.2) is 17.6 Å². The summed E-state index contributed by atoms with van der Waals surface area (Å²) in [7, 11) is -1.04. The molecular weight excluding hydrogens is 389 g/mol. The van der Waals surface area contributed by atoms with Gasteiger partial charge in [0.25, 0.3) is 0 Å². The number of ether oxygens (including phenoxy) is 1. The average molecular weight is 402 g/mol. The monoisotopic (exact) mass is 402 g/mol. The van der Waals surface area contributed by atoms with E-state index in [2.05, 4.69) is 11.3 Å². The Labute approximate surface area is 156 Å². The first-order chi connectivity index (χ1) is 12.9. The molecule has 1 aliphatic rings. The van der Waals surface area contributed by atoms with Crippen LogP contribution in [0.2, 0.25) is 0 Å². The summed E-state index contributed by atoms with van der Waals surface area (Å²) in [6, 6.07) is 3.07. The zero-order valence-electron chi connectivity index (χ0n) is 14.7. The van der Waals surface area contributed by atoms with Gasteiger partial charge in [0.05, 0.1) is 11.3 Å². The third kappa shape index (κ3) is 3.69. The Balaban J connectivity index is 1.86. The number of halogens is 6. The Kier molecular flexibility index (Phi) is 4.87. The van der Waals surface area contributed by atoms with Crippen molar-refractivity contribution in [2.24, 2.45) is 0 Å². The van der Waals surface area contributed by atoms with Crippen molar-refractivity contribution < 1.29 is 40.4 Å². The van der Waals surface area contributed by atoms with Gasteiger partial charge in [0.2, 0.25) is 0 Å². The molecule has 0 aliphatic carbocycles. The quantitative estimate of drug-likeness (QED) is 0.431. The summed E-state index contributed by atoms with van der Waals surface area (Å²) < 4.78 is 97.2. The van der Waals surface area contributed by atoms with Crippen molar-refractivity contribution in [1.82, 2.24) is 0 Å². The first-order valence-corrected chi connectivity index (χ1v) is 7.96. The standard InChI is InChI=1S/C18H13BF6O3/c1-9-17(2,3)28-19(27-9)10-4-5-12(13(20)6-10)18(24,25)26-11-7-14(21)16(23)15(22)8-11/h4-8H,1H2,2-3H3. The molecule has 0 N–H and O–H groups in total. The fraction of sp³-hybridized carbons (Fsp3) is 0.222. The van der Waals surface area contributed by atoms with Crippen LogP contribution in [0.5, 0.6) is 5.75 Å². The second kappa shape index (κ2) is 6.77. The molecule has 0 radical (unpaired) electrons. The van der Waals surface area contributed by atoms with Gasteiger partial charge in [-0.1, -0.05) is 12.6 Å². The molecule has 0 spiro atoms. The molecule has 0 amide bonds. The van der Waals surface area contributed by atoms with E-state index in [0.29, 0.717) is 0 Å².